The van der Waals surface area contributed by atoms with Gasteiger partial charge in [0.1, 0.15) is 0 Å². The lowest BCUT2D eigenvalue weighted by Crippen LogP contribution is -2.39. The van der Waals surface area contributed by atoms with Gasteiger partial charge >= 0.3 is 0 Å². The molecule has 0 saturated heterocycles. The zero-order valence-electron chi connectivity index (χ0n) is 12.3. The third-order valence-electron chi connectivity index (χ3n) is 2.70. The third kappa shape index (κ3) is 9.67. The summed E-state index contributed by atoms with van der Waals surface area (Å²) >= 11 is 5.12. The van der Waals surface area contributed by atoms with Crippen molar-refractivity contribution < 1.29 is 9.53 Å². The van der Waals surface area contributed by atoms with Gasteiger partial charge in [0.25, 0.3) is 0 Å². The molecular weight excluding hydrogens is 262 g/mol. The van der Waals surface area contributed by atoms with E-state index in [-0.39, 0.29) is 5.91 Å². The Morgan fingerprint density at radius 3 is 2.37 bits per heavy atom. The average Bonchev–Trinajstić information content (AvgIpc) is 2.40. The molecule has 0 aliphatic rings. The number of carbonyl (C=O) groups excluding carboxylic acids is 1. The van der Waals surface area contributed by atoms with Gasteiger partial charge in [-0.05, 0) is 39.4 Å². The highest BCUT2D eigenvalue weighted by molar-refractivity contribution is 7.80. The maximum Gasteiger partial charge on any atom is 0.224 e. The number of rotatable bonds is 10. The summed E-state index contributed by atoms with van der Waals surface area (Å²) in [5, 5.41) is 6.73. The van der Waals surface area contributed by atoms with Crippen LogP contribution in [0.15, 0.2) is 0 Å². The van der Waals surface area contributed by atoms with E-state index in [1.165, 1.54) is 0 Å². The van der Waals surface area contributed by atoms with Gasteiger partial charge in [-0.15, -0.1) is 0 Å². The fraction of sp³-hybridized carbons (Fsp3) is 0.846. The fourth-order valence-corrected chi connectivity index (χ4v) is 1.80. The number of hydrogen-bond acceptors (Lipinski definition) is 3. The largest absolute Gasteiger partial charge is 0.382 e. The monoisotopic (exact) mass is 289 g/mol. The van der Waals surface area contributed by atoms with E-state index in [1.807, 2.05) is 25.7 Å². The van der Waals surface area contributed by atoms with Crippen LogP contribution in [-0.4, -0.2) is 55.3 Å². The zero-order chi connectivity index (χ0) is 14.5. The van der Waals surface area contributed by atoms with Crippen LogP contribution in [0.2, 0.25) is 0 Å². The predicted octanol–water partition coefficient (Wildman–Crippen LogP) is 1.14. The zero-order valence-corrected chi connectivity index (χ0v) is 13.1. The van der Waals surface area contributed by atoms with Gasteiger partial charge < -0.3 is 20.3 Å². The second kappa shape index (κ2) is 12.2. The van der Waals surface area contributed by atoms with Gasteiger partial charge in [-0.25, -0.2) is 0 Å². The first kappa shape index (κ1) is 18.1. The van der Waals surface area contributed by atoms with Crippen LogP contribution in [0.4, 0.5) is 0 Å². The number of ether oxygens (including phenoxy) is 1. The lowest BCUT2D eigenvalue weighted by atomic mass is 10.3. The second-order valence-corrected chi connectivity index (χ2v) is 4.46. The van der Waals surface area contributed by atoms with Gasteiger partial charge in [-0.1, -0.05) is 0 Å². The van der Waals surface area contributed by atoms with Crippen LogP contribution >= 0.6 is 12.2 Å². The molecule has 6 heteroatoms. The predicted molar refractivity (Wildman–Crippen MR) is 82.3 cm³/mol. The highest BCUT2D eigenvalue weighted by Crippen LogP contribution is 1.92. The third-order valence-corrected chi connectivity index (χ3v) is 2.98. The maximum absolute atomic E-state index is 11.7. The Bertz CT molecular complexity index is 258. The first-order valence-corrected chi connectivity index (χ1v) is 7.43. The van der Waals surface area contributed by atoms with Gasteiger partial charge in [0.05, 0.1) is 0 Å². The molecule has 0 unspecified atom stereocenters. The summed E-state index contributed by atoms with van der Waals surface area (Å²) in [6, 6.07) is 0. The normalized spacial score (nSPS) is 10.1. The van der Waals surface area contributed by atoms with E-state index in [2.05, 4.69) is 10.6 Å². The Morgan fingerprint density at radius 2 is 1.79 bits per heavy atom. The maximum atomic E-state index is 11.7. The molecule has 0 radical (unpaired) electrons. The topological polar surface area (TPSA) is 53.6 Å². The smallest absolute Gasteiger partial charge is 0.224 e. The first-order valence-electron chi connectivity index (χ1n) is 7.02. The van der Waals surface area contributed by atoms with Crippen LogP contribution in [0, 0.1) is 0 Å². The van der Waals surface area contributed by atoms with Crippen LogP contribution in [-0.2, 0) is 9.53 Å². The molecule has 19 heavy (non-hydrogen) atoms. The summed E-state index contributed by atoms with van der Waals surface area (Å²) < 4.78 is 5.23. The van der Waals surface area contributed by atoms with Crippen LogP contribution in [0.5, 0.6) is 0 Å². The quantitative estimate of drug-likeness (QED) is 0.466. The Labute approximate surface area is 122 Å². The second-order valence-electron chi connectivity index (χ2n) is 4.05. The number of nitrogens with one attached hydrogen (secondary N) is 2. The van der Waals surface area contributed by atoms with E-state index in [4.69, 9.17) is 17.0 Å². The van der Waals surface area contributed by atoms with Crippen LogP contribution in [0.1, 0.15) is 33.6 Å². The molecule has 0 fully saturated rings. The summed E-state index contributed by atoms with van der Waals surface area (Å²) in [6.07, 6.45) is 1.40. The molecule has 5 nitrogen and oxygen atoms in total. The molecule has 0 heterocycles. The van der Waals surface area contributed by atoms with Crippen molar-refractivity contribution in [2.24, 2.45) is 0 Å². The van der Waals surface area contributed by atoms with Gasteiger partial charge in [0.15, 0.2) is 5.11 Å². The Kier molecular flexibility index (Phi) is 11.6. The molecule has 0 aromatic rings. The molecule has 0 atom stereocenters. The van der Waals surface area contributed by atoms with E-state index in [0.29, 0.717) is 18.1 Å². The molecule has 0 bridgehead atoms. The highest BCUT2D eigenvalue weighted by Gasteiger charge is 2.08. The van der Waals surface area contributed by atoms with E-state index < -0.39 is 0 Å². The lowest BCUT2D eigenvalue weighted by Gasteiger charge is -2.19. The van der Waals surface area contributed by atoms with Crippen molar-refractivity contribution in [1.29, 1.82) is 0 Å². The number of nitrogens with zero attached hydrogens (tertiary/aromatic N) is 1. The van der Waals surface area contributed by atoms with E-state index in [0.717, 1.165) is 39.3 Å². The van der Waals surface area contributed by atoms with Gasteiger partial charge in [0, 0.05) is 45.8 Å². The van der Waals surface area contributed by atoms with Crippen molar-refractivity contribution in [3.05, 3.63) is 0 Å². The van der Waals surface area contributed by atoms with Gasteiger partial charge in [0.2, 0.25) is 5.91 Å². The number of amides is 1. The SMILES string of the molecule is CCOCCCNC(=S)NCCC(=O)N(CC)CC. The standard InChI is InChI=1S/C13H27N3O2S/c1-4-16(5-2)12(17)8-10-15-13(19)14-9-7-11-18-6-3/h4-11H2,1-3H3,(H2,14,15,19). The van der Waals surface area contributed by atoms with Crippen molar-refractivity contribution in [3.8, 4) is 0 Å². The minimum absolute atomic E-state index is 0.164. The summed E-state index contributed by atoms with van der Waals surface area (Å²) in [7, 11) is 0. The van der Waals surface area contributed by atoms with Crippen molar-refractivity contribution in [2.45, 2.75) is 33.6 Å². The first-order chi connectivity index (χ1) is 9.15. The van der Waals surface area contributed by atoms with Crippen molar-refractivity contribution in [3.63, 3.8) is 0 Å². The molecule has 0 aromatic carbocycles. The van der Waals surface area contributed by atoms with Crippen LogP contribution in [0.25, 0.3) is 0 Å². The molecular formula is C13H27N3O2S. The minimum Gasteiger partial charge on any atom is -0.382 e. The Hall–Kier alpha value is -0.880. The van der Waals surface area contributed by atoms with Crippen LogP contribution < -0.4 is 10.6 Å². The van der Waals surface area contributed by atoms with Crippen molar-refractivity contribution in [1.82, 2.24) is 15.5 Å². The summed E-state index contributed by atoms with van der Waals surface area (Å²) in [4.78, 5) is 13.5. The Morgan fingerprint density at radius 1 is 1.16 bits per heavy atom. The van der Waals surface area contributed by atoms with E-state index in [1.54, 1.807) is 0 Å². The number of hydrogen-bond donors (Lipinski definition) is 2. The minimum atomic E-state index is 0.164. The average molecular weight is 289 g/mol. The van der Waals surface area contributed by atoms with E-state index >= 15 is 0 Å². The molecule has 0 aromatic heterocycles. The number of thiocarbonyl (C=S) groups is 1. The van der Waals surface area contributed by atoms with Crippen molar-refractivity contribution in [2.75, 3.05) is 39.4 Å². The van der Waals surface area contributed by atoms with E-state index in [9.17, 15) is 4.79 Å². The lowest BCUT2D eigenvalue weighted by molar-refractivity contribution is -0.130. The van der Waals surface area contributed by atoms with Crippen LogP contribution in [0.3, 0.4) is 0 Å². The van der Waals surface area contributed by atoms with Gasteiger partial charge in [-0.2, -0.15) is 0 Å². The molecule has 0 aliphatic carbocycles. The molecule has 0 saturated carbocycles. The number of carbonyl (C=O) groups is 1. The molecule has 0 rings (SSSR count). The Balaban J connectivity index is 3.55. The molecule has 2 N–H and O–H groups in total. The molecule has 0 aliphatic heterocycles. The summed E-state index contributed by atoms with van der Waals surface area (Å²) in [6.45, 7) is 10.3. The summed E-state index contributed by atoms with van der Waals surface area (Å²) in [5.41, 5.74) is 0. The summed E-state index contributed by atoms with van der Waals surface area (Å²) in [5.74, 6) is 0.164. The van der Waals surface area contributed by atoms with Crippen molar-refractivity contribution >= 4 is 23.2 Å². The van der Waals surface area contributed by atoms with Gasteiger partial charge in [-0.3, -0.25) is 4.79 Å². The fourth-order valence-electron chi connectivity index (χ4n) is 1.60. The highest BCUT2D eigenvalue weighted by atomic mass is 32.1. The molecule has 0 spiro atoms. The molecule has 112 valence electrons. The molecule has 1 amide bonds.